The highest BCUT2D eigenvalue weighted by Gasteiger charge is 2.38. The fraction of sp³-hybridized carbons (Fsp3) is 0.0612. The van der Waals surface area contributed by atoms with Crippen molar-refractivity contribution in [3.05, 3.63) is 187 Å². The smallest absolute Gasteiger partial charge is 0.135 e. The molecule has 1 aliphatic rings. The number of para-hydroxylation sites is 1. The number of rotatable bonds is 5. The van der Waals surface area contributed by atoms with Crippen molar-refractivity contribution in [1.29, 1.82) is 0 Å². The molecule has 0 atom stereocenters. The van der Waals surface area contributed by atoms with E-state index in [1.54, 1.807) is 0 Å². The fourth-order valence-electron chi connectivity index (χ4n) is 8.33. The van der Waals surface area contributed by atoms with E-state index in [0.29, 0.717) is 0 Å². The third kappa shape index (κ3) is 4.71. The minimum Gasteiger partial charge on any atom is -0.456 e. The first-order chi connectivity index (χ1) is 25.0. The van der Waals surface area contributed by atoms with Crippen molar-refractivity contribution in [3.8, 4) is 33.4 Å². The zero-order valence-electron chi connectivity index (χ0n) is 28.6. The van der Waals surface area contributed by atoms with Gasteiger partial charge in [0.25, 0.3) is 0 Å². The summed E-state index contributed by atoms with van der Waals surface area (Å²) in [6, 6.07) is 63.8. The van der Waals surface area contributed by atoms with Crippen LogP contribution < -0.4 is 4.90 Å². The molecule has 0 saturated heterocycles. The van der Waals surface area contributed by atoms with E-state index in [1.807, 2.05) is 12.1 Å². The van der Waals surface area contributed by atoms with Crippen LogP contribution in [0.25, 0.3) is 66.1 Å². The lowest BCUT2D eigenvalue weighted by molar-refractivity contribution is 0.661. The minimum absolute atomic E-state index is 0.167. The minimum atomic E-state index is -0.167. The van der Waals surface area contributed by atoms with Gasteiger partial charge in [-0.3, -0.25) is 0 Å². The Labute approximate surface area is 297 Å². The highest BCUT2D eigenvalue weighted by atomic mass is 16.3. The molecule has 1 heterocycles. The van der Waals surface area contributed by atoms with E-state index in [2.05, 4.69) is 183 Å². The van der Waals surface area contributed by atoms with Gasteiger partial charge in [0.1, 0.15) is 11.2 Å². The standard InChI is InChI=1S/C49H35NO/c1-49(2)44-18-7-5-15-40(44)42-17-10-19-45(48(42)49)50(39-14-9-13-35(30-39)36-22-21-32-11-3-4-12-34(32)29-36)38-26-23-33(24-27-38)37-25-28-47-43(31-37)41-16-6-8-20-46(41)51-47/h3-31H,1-2H3. The monoisotopic (exact) mass is 653 g/mol. The molecule has 51 heavy (non-hydrogen) atoms. The Bertz CT molecular complexity index is 2780. The Morgan fingerprint density at radius 1 is 0.431 bits per heavy atom. The maximum Gasteiger partial charge on any atom is 0.135 e. The van der Waals surface area contributed by atoms with Crippen LogP contribution in [0, 0.1) is 0 Å². The molecule has 0 N–H and O–H groups in total. The molecular formula is C49H35NO. The molecule has 8 aromatic carbocycles. The van der Waals surface area contributed by atoms with Crippen molar-refractivity contribution in [3.63, 3.8) is 0 Å². The first-order valence-electron chi connectivity index (χ1n) is 17.7. The summed E-state index contributed by atoms with van der Waals surface area (Å²) >= 11 is 0. The lowest BCUT2D eigenvalue weighted by Gasteiger charge is -2.32. The Balaban J connectivity index is 1.13. The number of benzene rings is 8. The number of hydrogen-bond donors (Lipinski definition) is 0. The lowest BCUT2D eigenvalue weighted by Crippen LogP contribution is -2.20. The number of fused-ring (bicyclic) bond motifs is 7. The van der Waals surface area contributed by atoms with Crippen LogP contribution in [0.1, 0.15) is 25.0 Å². The maximum atomic E-state index is 6.12. The van der Waals surface area contributed by atoms with Crippen molar-refractivity contribution in [2.45, 2.75) is 19.3 Å². The number of nitrogens with zero attached hydrogens (tertiary/aromatic N) is 1. The topological polar surface area (TPSA) is 16.4 Å². The summed E-state index contributed by atoms with van der Waals surface area (Å²) < 4.78 is 6.12. The molecule has 2 nitrogen and oxygen atoms in total. The van der Waals surface area contributed by atoms with E-state index < -0.39 is 0 Å². The Kier molecular flexibility index (Phi) is 6.56. The molecular weight excluding hydrogens is 619 g/mol. The summed E-state index contributed by atoms with van der Waals surface area (Å²) in [5.74, 6) is 0. The van der Waals surface area contributed by atoms with Crippen molar-refractivity contribution in [2.24, 2.45) is 0 Å². The van der Waals surface area contributed by atoms with E-state index in [4.69, 9.17) is 4.42 Å². The predicted octanol–water partition coefficient (Wildman–Crippen LogP) is 13.8. The summed E-state index contributed by atoms with van der Waals surface area (Å²) in [6.07, 6.45) is 0. The van der Waals surface area contributed by atoms with E-state index in [-0.39, 0.29) is 5.41 Å². The second-order valence-electron chi connectivity index (χ2n) is 14.2. The summed E-state index contributed by atoms with van der Waals surface area (Å²) in [5, 5.41) is 4.78. The van der Waals surface area contributed by atoms with Gasteiger partial charge in [-0.1, -0.05) is 135 Å². The highest BCUT2D eigenvalue weighted by Crippen LogP contribution is 2.54. The van der Waals surface area contributed by atoms with Crippen LogP contribution in [0.2, 0.25) is 0 Å². The number of hydrogen-bond acceptors (Lipinski definition) is 2. The average molecular weight is 654 g/mol. The zero-order chi connectivity index (χ0) is 34.1. The van der Waals surface area contributed by atoms with Gasteiger partial charge in [0.15, 0.2) is 0 Å². The Morgan fingerprint density at radius 3 is 2.00 bits per heavy atom. The van der Waals surface area contributed by atoms with E-state index in [1.165, 1.54) is 61.0 Å². The molecule has 0 bridgehead atoms. The summed E-state index contributed by atoms with van der Waals surface area (Å²) in [7, 11) is 0. The van der Waals surface area contributed by atoms with Gasteiger partial charge in [-0.05, 0) is 110 Å². The van der Waals surface area contributed by atoms with Crippen molar-refractivity contribution < 1.29 is 4.42 Å². The van der Waals surface area contributed by atoms with E-state index in [9.17, 15) is 0 Å². The molecule has 1 aliphatic carbocycles. The summed E-state index contributed by atoms with van der Waals surface area (Å²) in [6.45, 7) is 4.73. The molecule has 0 saturated carbocycles. The molecule has 0 radical (unpaired) electrons. The van der Waals surface area contributed by atoms with Crippen LogP contribution in [0.5, 0.6) is 0 Å². The molecule has 2 heteroatoms. The van der Waals surface area contributed by atoms with Crippen LogP contribution in [0.3, 0.4) is 0 Å². The van der Waals surface area contributed by atoms with Gasteiger partial charge in [-0.15, -0.1) is 0 Å². The Morgan fingerprint density at radius 2 is 1.10 bits per heavy atom. The molecule has 242 valence electrons. The third-order valence-corrected chi connectivity index (χ3v) is 10.8. The molecule has 10 rings (SSSR count). The van der Waals surface area contributed by atoms with Gasteiger partial charge >= 0.3 is 0 Å². The summed E-state index contributed by atoms with van der Waals surface area (Å²) in [5.41, 5.74) is 15.2. The first-order valence-corrected chi connectivity index (χ1v) is 17.7. The first kappa shape index (κ1) is 29.5. The molecule has 1 aromatic heterocycles. The maximum absolute atomic E-state index is 6.12. The van der Waals surface area contributed by atoms with E-state index >= 15 is 0 Å². The van der Waals surface area contributed by atoms with Crippen LogP contribution in [-0.4, -0.2) is 0 Å². The normalized spacial score (nSPS) is 13.1. The van der Waals surface area contributed by atoms with Crippen LogP contribution in [0.4, 0.5) is 17.1 Å². The van der Waals surface area contributed by atoms with Crippen molar-refractivity contribution in [1.82, 2.24) is 0 Å². The Hall–Kier alpha value is -6.38. The molecule has 0 aliphatic heterocycles. The van der Waals surface area contributed by atoms with Crippen molar-refractivity contribution >= 4 is 49.8 Å². The van der Waals surface area contributed by atoms with Crippen molar-refractivity contribution in [2.75, 3.05) is 4.90 Å². The number of furan rings is 1. The lowest BCUT2D eigenvalue weighted by atomic mass is 9.81. The van der Waals surface area contributed by atoms with Gasteiger partial charge in [0, 0.05) is 27.6 Å². The fourth-order valence-corrected chi connectivity index (χ4v) is 8.33. The molecule has 9 aromatic rings. The number of anilines is 3. The second-order valence-corrected chi connectivity index (χ2v) is 14.2. The molecule has 0 amide bonds. The van der Waals surface area contributed by atoms with Gasteiger partial charge in [0.2, 0.25) is 0 Å². The third-order valence-electron chi connectivity index (χ3n) is 10.8. The summed E-state index contributed by atoms with van der Waals surface area (Å²) in [4.78, 5) is 2.45. The van der Waals surface area contributed by atoms with Crippen LogP contribution >= 0.6 is 0 Å². The van der Waals surface area contributed by atoms with Gasteiger partial charge in [-0.25, -0.2) is 0 Å². The SMILES string of the molecule is CC1(C)c2ccccc2-c2cccc(N(c3ccc(-c4ccc5oc6ccccc6c5c4)cc3)c3cccc(-c4ccc5ccccc5c4)c3)c21. The quantitative estimate of drug-likeness (QED) is 0.184. The largest absolute Gasteiger partial charge is 0.456 e. The molecule has 0 spiro atoms. The van der Waals surface area contributed by atoms with Crippen LogP contribution in [0.15, 0.2) is 180 Å². The van der Waals surface area contributed by atoms with Crippen LogP contribution in [-0.2, 0) is 5.41 Å². The average Bonchev–Trinajstić information content (AvgIpc) is 3.67. The van der Waals surface area contributed by atoms with Gasteiger partial charge in [-0.2, -0.15) is 0 Å². The van der Waals surface area contributed by atoms with E-state index in [0.717, 1.165) is 33.3 Å². The molecule has 0 unspecified atom stereocenters. The second kappa shape index (κ2) is 11.3. The highest BCUT2D eigenvalue weighted by molar-refractivity contribution is 6.06. The predicted molar refractivity (Wildman–Crippen MR) is 214 cm³/mol. The van der Waals surface area contributed by atoms with Gasteiger partial charge in [0.05, 0.1) is 5.69 Å². The zero-order valence-corrected chi connectivity index (χ0v) is 28.6. The van der Waals surface area contributed by atoms with Gasteiger partial charge < -0.3 is 9.32 Å². The molecule has 0 fully saturated rings.